The first-order valence-corrected chi connectivity index (χ1v) is 4.04. The number of amides is 1. The molecule has 0 saturated heterocycles. The van der Waals surface area contributed by atoms with Gasteiger partial charge in [-0.1, -0.05) is 0 Å². The van der Waals surface area contributed by atoms with Crippen LogP contribution in [0.15, 0.2) is 0 Å². The molecule has 0 aromatic rings. The fourth-order valence-corrected chi connectivity index (χ4v) is 0.937. The van der Waals surface area contributed by atoms with E-state index in [2.05, 4.69) is 5.32 Å². The van der Waals surface area contributed by atoms with E-state index in [1.165, 1.54) is 0 Å². The Labute approximate surface area is 73.1 Å². The molecule has 1 amide bonds. The molecule has 12 heavy (non-hydrogen) atoms. The van der Waals surface area contributed by atoms with E-state index in [1.54, 1.807) is 0 Å². The van der Waals surface area contributed by atoms with Gasteiger partial charge in [0.2, 0.25) is 5.91 Å². The summed E-state index contributed by atoms with van der Waals surface area (Å²) in [5.41, 5.74) is 4.96. The predicted molar refractivity (Wildman–Crippen MR) is 47.6 cm³/mol. The Kier molecular flexibility index (Phi) is 4.20. The van der Waals surface area contributed by atoms with Crippen molar-refractivity contribution in [1.29, 1.82) is 0 Å². The monoisotopic (exact) mass is 174 g/mol. The minimum Gasteiger partial charge on any atom is -0.396 e. The lowest BCUT2D eigenvalue weighted by atomic mass is 10.1. The molecular formula is C8H18N2O2. The third-order valence-corrected chi connectivity index (χ3v) is 1.37. The van der Waals surface area contributed by atoms with Gasteiger partial charge in [-0.15, -0.1) is 0 Å². The summed E-state index contributed by atoms with van der Waals surface area (Å²) < 4.78 is 0. The summed E-state index contributed by atoms with van der Waals surface area (Å²) in [6.07, 6.45) is 0.368. The van der Waals surface area contributed by atoms with Crippen molar-refractivity contribution in [2.75, 3.05) is 6.61 Å². The fraction of sp³-hybridized carbons (Fsp3) is 0.875. The van der Waals surface area contributed by atoms with E-state index in [0.29, 0.717) is 6.42 Å². The number of rotatable bonds is 4. The van der Waals surface area contributed by atoms with Crippen LogP contribution in [0.3, 0.4) is 0 Å². The smallest absolute Gasteiger partial charge is 0.234 e. The van der Waals surface area contributed by atoms with Crippen molar-refractivity contribution in [1.82, 2.24) is 5.32 Å². The Hall–Kier alpha value is -0.610. The first-order valence-electron chi connectivity index (χ1n) is 4.04. The van der Waals surface area contributed by atoms with Crippen molar-refractivity contribution in [3.05, 3.63) is 0 Å². The number of aliphatic hydroxyl groups excluding tert-OH is 1. The van der Waals surface area contributed by atoms with Crippen LogP contribution in [0.4, 0.5) is 0 Å². The average molecular weight is 174 g/mol. The van der Waals surface area contributed by atoms with Crippen molar-refractivity contribution < 1.29 is 9.90 Å². The molecule has 0 saturated carbocycles. The molecule has 0 radical (unpaired) electrons. The van der Waals surface area contributed by atoms with E-state index in [9.17, 15) is 4.79 Å². The highest BCUT2D eigenvalue weighted by Crippen LogP contribution is 2.03. The van der Waals surface area contributed by atoms with Gasteiger partial charge in [-0.3, -0.25) is 4.79 Å². The highest BCUT2D eigenvalue weighted by atomic mass is 16.3. The van der Waals surface area contributed by atoms with Gasteiger partial charge >= 0.3 is 0 Å². The van der Waals surface area contributed by atoms with Crippen LogP contribution < -0.4 is 11.1 Å². The Morgan fingerprint density at radius 1 is 1.58 bits per heavy atom. The van der Waals surface area contributed by atoms with E-state index in [4.69, 9.17) is 10.8 Å². The average Bonchev–Trinajstić information content (AvgIpc) is 1.83. The van der Waals surface area contributed by atoms with Crippen LogP contribution in [0.1, 0.15) is 27.2 Å². The van der Waals surface area contributed by atoms with Crippen LogP contribution in [-0.2, 0) is 4.79 Å². The van der Waals surface area contributed by atoms with Crippen molar-refractivity contribution in [3.8, 4) is 0 Å². The summed E-state index contributed by atoms with van der Waals surface area (Å²) in [5, 5.41) is 11.7. The lowest BCUT2D eigenvalue weighted by Crippen LogP contribution is -2.50. The molecule has 0 bridgehead atoms. The van der Waals surface area contributed by atoms with Gasteiger partial charge in [-0.05, 0) is 27.2 Å². The largest absolute Gasteiger partial charge is 0.396 e. The van der Waals surface area contributed by atoms with E-state index < -0.39 is 11.9 Å². The Bertz CT molecular complexity index is 152. The van der Waals surface area contributed by atoms with Crippen molar-refractivity contribution >= 4 is 5.91 Å². The molecule has 0 aliphatic heterocycles. The molecule has 0 aromatic carbocycles. The third-order valence-electron chi connectivity index (χ3n) is 1.37. The van der Waals surface area contributed by atoms with Crippen molar-refractivity contribution in [2.24, 2.45) is 5.73 Å². The molecule has 72 valence electrons. The van der Waals surface area contributed by atoms with E-state index >= 15 is 0 Å². The second-order valence-corrected chi connectivity index (χ2v) is 3.86. The van der Waals surface area contributed by atoms with Gasteiger partial charge in [-0.25, -0.2) is 0 Å². The molecule has 4 nitrogen and oxygen atoms in total. The maximum absolute atomic E-state index is 10.8. The van der Waals surface area contributed by atoms with E-state index in [-0.39, 0.29) is 12.1 Å². The summed E-state index contributed by atoms with van der Waals surface area (Å²) in [6.45, 7) is 5.80. The van der Waals surface area contributed by atoms with Gasteiger partial charge in [0.25, 0.3) is 0 Å². The minimum absolute atomic E-state index is 0.0311. The van der Waals surface area contributed by atoms with Gasteiger partial charge in [0.1, 0.15) is 0 Å². The number of nitrogens with one attached hydrogen (secondary N) is 1. The SMILES string of the molecule is CC(C)(C)N[C@@H](CCO)C(N)=O. The van der Waals surface area contributed by atoms with Crippen molar-refractivity contribution in [3.63, 3.8) is 0 Å². The van der Waals surface area contributed by atoms with Crippen LogP contribution in [-0.4, -0.2) is 29.2 Å². The van der Waals surface area contributed by atoms with Gasteiger partial charge in [0.05, 0.1) is 6.04 Å². The molecule has 0 rings (SSSR count). The van der Waals surface area contributed by atoms with Crippen LogP contribution >= 0.6 is 0 Å². The van der Waals surface area contributed by atoms with Crippen LogP contribution in [0.25, 0.3) is 0 Å². The first-order chi connectivity index (χ1) is 5.37. The fourth-order valence-electron chi connectivity index (χ4n) is 0.937. The van der Waals surface area contributed by atoms with Gasteiger partial charge in [0.15, 0.2) is 0 Å². The molecule has 0 aliphatic carbocycles. The summed E-state index contributed by atoms with van der Waals surface area (Å²) in [4.78, 5) is 10.8. The number of aliphatic hydroxyl groups is 1. The van der Waals surface area contributed by atoms with E-state index in [0.717, 1.165) is 0 Å². The number of carbonyl (C=O) groups is 1. The lowest BCUT2D eigenvalue weighted by molar-refractivity contribution is -0.120. The lowest BCUT2D eigenvalue weighted by Gasteiger charge is -2.26. The Morgan fingerprint density at radius 3 is 2.33 bits per heavy atom. The standard InChI is InChI=1S/C8H18N2O2/c1-8(2,3)10-6(4-5-11)7(9)12/h6,10-11H,4-5H2,1-3H3,(H2,9,12)/t6-/m0/s1. The zero-order chi connectivity index (χ0) is 9.78. The zero-order valence-corrected chi connectivity index (χ0v) is 7.92. The summed E-state index contributed by atoms with van der Waals surface area (Å²) in [5.74, 6) is -0.418. The highest BCUT2D eigenvalue weighted by Gasteiger charge is 2.20. The summed E-state index contributed by atoms with van der Waals surface area (Å²) >= 11 is 0. The number of nitrogens with two attached hydrogens (primary N) is 1. The summed E-state index contributed by atoms with van der Waals surface area (Å²) in [6, 6.07) is -0.435. The van der Waals surface area contributed by atoms with E-state index in [1.807, 2.05) is 20.8 Å². The molecule has 0 aromatic heterocycles. The number of carbonyl (C=O) groups excluding carboxylic acids is 1. The third kappa shape index (κ3) is 5.09. The van der Waals surface area contributed by atoms with Crippen molar-refractivity contribution in [2.45, 2.75) is 38.8 Å². The molecule has 0 heterocycles. The summed E-state index contributed by atoms with van der Waals surface area (Å²) in [7, 11) is 0. The maximum Gasteiger partial charge on any atom is 0.234 e. The molecule has 0 aliphatic rings. The number of primary amides is 1. The number of hydrogen-bond donors (Lipinski definition) is 3. The van der Waals surface area contributed by atoms with Crippen LogP contribution in [0.5, 0.6) is 0 Å². The van der Waals surface area contributed by atoms with Gasteiger partial charge < -0.3 is 16.2 Å². The molecule has 0 unspecified atom stereocenters. The Morgan fingerprint density at radius 2 is 2.08 bits per heavy atom. The molecule has 4 heteroatoms. The molecule has 4 N–H and O–H groups in total. The first kappa shape index (κ1) is 11.4. The van der Waals surface area contributed by atoms with Gasteiger partial charge in [-0.2, -0.15) is 0 Å². The van der Waals surface area contributed by atoms with Crippen LogP contribution in [0, 0.1) is 0 Å². The maximum atomic E-state index is 10.8. The van der Waals surface area contributed by atoms with Crippen LogP contribution in [0.2, 0.25) is 0 Å². The second kappa shape index (κ2) is 4.42. The molecule has 0 spiro atoms. The van der Waals surface area contributed by atoms with Gasteiger partial charge in [0, 0.05) is 12.1 Å². The molecular weight excluding hydrogens is 156 g/mol. The molecule has 1 atom stereocenters. The quantitative estimate of drug-likeness (QED) is 0.543. The Balaban J connectivity index is 4.05. The topological polar surface area (TPSA) is 75.3 Å². The zero-order valence-electron chi connectivity index (χ0n) is 7.92. The molecule has 0 fully saturated rings. The normalized spacial score (nSPS) is 14.3. The number of hydrogen-bond acceptors (Lipinski definition) is 3. The highest BCUT2D eigenvalue weighted by molar-refractivity contribution is 5.79. The second-order valence-electron chi connectivity index (χ2n) is 3.86. The predicted octanol–water partition coefficient (Wildman–Crippen LogP) is -0.389. The minimum atomic E-state index is -0.435.